The van der Waals surface area contributed by atoms with E-state index in [4.69, 9.17) is 8.83 Å². The van der Waals surface area contributed by atoms with Crippen LogP contribution in [-0.2, 0) is 16.6 Å². The summed E-state index contributed by atoms with van der Waals surface area (Å²) >= 11 is 0. The number of rotatable bonds is 2. The molecule has 3 heterocycles. The van der Waals surface area contributed by atoms with E-state index in [1.165, 1.54) is 0 Å². The summed E-state index contributed by atoms with van der Waals surface area (Å²) in [6.45, 7) is 11.8. The number of likely N-dealkylation sites (tertiary alicyclic amines) is 1. The largest absolute Gasteiger partial charge is 0.464 e. The van der Waals surface area contributed by atoms with Gasteiger partial charge >= 0.3 is 5.63 Å². The van der Waals surface area contributed by atoms with Crippen LogP contribution in [0.5, 0.6) is 0 Å². The second-order valence-electron chi connectivity index (χ2n) is 9.27. The van der Waals surface area contributed by atoms with Crippen LogP contribution in [0, 0.1) is 13.8 Å². The fourth-order valence-electron chi connectivity index (χ4n) is 4.39. The molecule has 0 atom stereocenters. The molecule has 3 aromatic rings. The molecule has 0 saturated carbocycles. The minimum atomic E-state index is -0.426. The monoisotopic (exact) mass is 395 g/mol. The average molecular weight is 395 g/mol. The van der Waals surface area contributed by atoms with Crippen molar-refractivity contribution in [3.63, 3.8) is 0 Å². The Labute approximate surface area is 170 Å². The number of carbonyl (C=O) groups is 1. The maximum absolute atomic E-state index is 12.8. The van der Waals surface area contributed by atoms with Crippen molar-refractivity contribution in [1.82, 2.24) is 4.90 Å². The second kappa shape index (κ2) is 7.05. The number of furan rings is 1. The molecule has 5 nitrogen and oxygen atoms in total. The van der Waals surface area contributed by atoms with Crippen molar-refractivity contribution in [3.05, 3.63) is 45.0 Å². The fraction of sp³-hybridized carbons (Fsp3) is 0.500. The Morgan fingerprint density at radius 3 is 2.38 bits per heavy atom. The Kier molecular flexibility index (Phi) is 4.80. The summed E-state index contributed by atoms with van der Waals surface area (Å²) in [4.78, 5) is 27.4. The molecule has 154 valence electrons. The van der Waals surface area contributed by atoms with Crippen molar-refractivity contribution in [1.29, 1.82) is 0 Å². The van der Waals surface area contributed by atoms with Gasteiger partial charge < -0.3 is 13.7 Å². The van der Waals surface area contributed by atoms with Gasteiger partial charge in [0.05, 0.1) is 18.2 Å². The maximum atomic E-state index is 12.8. The number of fused-ring (bicyclic) bond motifs is 2. The molecule has 5 heteroatoms. The molecule has 1 amide bonds. The number of nitrogens with zero attached hydrogens (tertiary/aromatic N) is 1. The summed E-state index contributed by atoms with van der Waals surface area (Å²) in [5.41, 5.74) is 4.04. The summed E-state index contributed by atoms with van der Waals surface area (Å²) in [7, 11) is 0. The predicted octanol–water partition coefficient (Wildman–Crippen LogP) is 5.01. The van der Waals surface area contributed by atoms with Crippen LogP contribution in [0.2, 0.25) is 0 Å². The number of aryl methyl sites for hydroxylation is 2. The Morgan fingerprint density at radius 1 is 1.03 bits per heavy atom. The lowest BCUT2D eigenvalue weighted by Gasteiger charge is -2.26. The van der Waals surface area contributed by atoms with Crippen LogP contribution in [0.4, 0.5) is 0 Å². The lowest BCUT2D eigenvalue weighted by atomic mass is 9.86. The average Bonchev–Trinajstić information content (AvgIpc) is 3.11. The summed E-state index contributed by atoms with van der Waals surface area (Å²) in [6.07, 6.45) is 5.12. The Bertz CT molecular complexity index is 1150. The van der Waals surface area contributed by atoms with E-state index in [-0.39, 0.29) is 17.7 Å². The van der Waals surface area contributed by atoms with E-state index in [1.807, 2.05) is 18.7 Å². The Balaban J connectivity index is 1.86. The number of amides is 1. The molecule has 1 aromatic carbocycles. The molecule has 29 heavy (non-hydrogen) atoms. The first-order chi connectivity index (χ1) is 13.7. The third-order valence-corrected chi connectivity index (χ3v) is 6.19. The van der Waals surface area contributed by atoms with Crippen LogP contribution in [0.25, 0.3) is 21.9 Å². The SMILES string of the molecule is Cc1c(CC(=O)N2CCCCC2)c(=O)oc2c(C)c3occ(C(C)(C)C)c3cc12. The molecule has 0 aliphatic carbocycles. The minimum Gasteiger partial charge on any atom is -0.464 e. The van der Waals surface area contributed by atoms with Gasteiger partial charge in [0.15, 0.2) is 0 Å². The van der Waals surface area contributed by atoms with E-state index in [1.54, 1.807) is 6.26 Å². The van der Waals surface area contributed by atoms with E-state index in [9.17, 15) is 9.59 Å². The van der Waals surface area contributed by atoms with Crippen molar-refractivity contribution in [2.24, 2.45) is 0 Å². The molecule has 4 rings (SSSR count). The van der Waals surface area contributed by atoms with Crippen LogP contribution < -0.4 is 5.63 Å². The highest BCUT2D eigenvalue weighted by molar-refractivity contribution is 6.00. The third-order valence-electron chi connectivity index (χ3n) is 6.19. The molecule has 0 spiro atoms. The first-order valence-electron chi connectivity index (χ1n) is 10.4. The van der Waals surface area contributed by atoms with Crippen LogP contribution in [-0.4, -0.2) is 23.9 Å². The predicted molar refractivity (Wildman–Crippen MR) is 115 cm³/mol. The zero-order valence-electron chi connectivity index (χ0n) is 18.0. The number of piperidine rings is 1. The van der Waals surface area contributed by atoms with Crippen molar-refractivity contribution in [3.8, 4) is 0 Å². The van der Waals surface area contributed by atoms with Gasteiger partial charge in [0, 0.05) is 35.0 Å². The lowest BCUT2D eigenvalue weighted by Crippen LogP contribution is -2.37. The molecule has 1 aliphatic rings. The highest BCUT2D eigenvalue weighted by Crippen LogP contribution is 2.37. The summed E-state index contributed by atoms with van der Waals surface area (Å²) in [5, 5.41) is 1.91. The van der Waals surface area contributed by atoms with Crippen LogP contribution in [0.1, 0.15) is 62.3 Å². The van der Waals surface area contributed by atoms with Gasteiger partial charge in [0.2, 0.25) is 5.91 Å². The molecule has 1 aliphatic heterocycles. The maximum Gasteiger partial charge on any atom is 0.340 e. The van der Waals surface area contributed by atoms with Gasteiger partial charge in [-0.05, 0) is 50.2 Å². The Hall–Kier alpha value is -2.56. The van der Waals surface area contributed by atoms with Gasteiger partial charge in [-0.15, -0.1) is 0 Å². The van der Waals surface area contributed by atoms with Crippen molar-refractivity contribution < 1.29 is 13.6 Å². The number of hydrogen-bond acceptors (Lipinski definition) is 4. The van der Waals surface area contributed by atoms with Gasteiger partial charge in [0.25, 0.3) is 0 Å². The zero-order chi connectivity index (χ0) is 20.9. The van der Waals surface area contributed by atoms with E-state index in [2.05, 4.69) is 26.8 Å². The molecule has 0 bridgehead atoms. The first-order valence-corrected chi connectivity index (χ1v) is 10.4. The van der Waals surface area contributed by atoms with Gasteiger partial charge in [-0.2, -0.15) is 0 Å². The zero-order valence-corrected chi connectivity index (χ0v) is 18.0. The molecule has 1 fully saturated rings. The normalized spacial score (nSPS) is 15.4. The molecule has 0 N–H and O–H groups in total. The Morgan fingerprint density at radius 2 is 1.72 bits per heavy atom. The smallest absolute Gasteiger partial charge is 0.340 e. The van der Waals surface area contributed by atoms with Crippen molar-refractivity contribution >= 4 is 27.8 Å². The topological polar surface area (TPSA) is 63.7 Å². The molecular weight excluding hydrogens is 366 g/mol. The molecule has 0 unspecified atom stereocenters. The first kappa shape index (κ1) is 19.7. The van der Waals surface area contributed by atoms with E-state index < -0.39 is 5.63 Å². The van der Waals surface area contributed by atoms with Crippen molar-refractivity contribution in [2.75, 3.05) is 13.1 Å². The second-order valence-corrected chi connectivity index (χ2v) is 9.27. The van der Waals surface area contributed by atoms with E-state index >= 15 is 0 Å². The van der Waals surface area contributed by atoms with Gasteiger partial charge in [-0.25, -0.2) is 4.79 Å². The third kappa shape index (κ3) is 3.37. The van der Waals surface area contributed by atoms with Gasteiger partial charge in [0.1, 0.15) is 11.2 Å². The van der Waals surface area contributed by atoms with Crippen LogP contribution in [0.15, 0.2) is 26.0 Å². The molecule has 0 radical (unpaired) electrons. The van der Waals surface area contributed by atoms with Crippen LogP contribution in [0.3, 0.4) is 0 Å². The molecule has 2 aromatic heterocycles. The highest BCUT2D eigenvalue weighted by atomic mass is 16.4. The fourth-order valence-corrected chi connectivity index (χ4v) is 4.39. The number of hydrogen-bond donors (Lipinski definition) is 0. The number of benzene rings is 1. The lowest BCUT2D eigenvalue weighted by molar-refractivity contribution is -0.131. The van der Waals surface area contributed by atoms with Crippen LogP contribution >= 0.6 is 0 Å². The highest BCUT2D eigenvalue weighted by Gasteiger charge is 2.25. The van der Waals surface area contributed by atoms with Crippen molar-refractivity contribution in [2.45, 2.75) is 65.7 Å². The van der Waals surface area contributed by atoms with E-state index in [0.717, 1.165) is 65.4 Å². The quantitative estimate of drug-likeness (QED) is 0.572. The number of carbonyl (C=O) groups excluding carboxylic acids is 1. The molecule has 1 saturated heterocycles. The summed E-state index contributed by atoms with van der Waals surface area (Å²) < 4.78 is 11.6. The van der Waals surface area contributed by atoms with E-state index in [0.29, 0.717) is 11.1 Å². The summed E-state index contributed by atoms with van der Waals surface area (Å²) in [6, 6.07) is 2.05. The van der Waals surface area contributed by atoms with Gasteiger partial charge in [-0.1, -0.05) is 20.8 Å². The minimum absolute atomic E-state index is 0.0101. The standard InChI is InChI=1S/C24H29NO4/c1-14-16-11-18-19(24(3,4)5)13-28-21(18)15(2)22(16)29-23(27)17(14)12-20(26)25-9-7-6-8-10-25/h11,13H,6-10,12H2,1-5H3. The molecular formula is C24H29NO4. The summed E-state index contributed by atoms with van der Waals surface area (Å²) in [5.74, 6) is 0.0101. The van der Waals surface area contributed by atoms with Gasteiger partial charge in [-0.3, -0.25) is 4.79 Å².